The second-order valence-corrected chi connectivity index (χ2v) is 26.0. The number of ether oxygens (including phenoxy) is 9. The molecule has 548 valence electrons. The van der Waals surface area contributed by atoms with E-state index in [0.717, 1.165) is 0 Å². The lowest BCUT2D eigenvalue weighted by atomic mass is 9.79. The van der Waals surface area contributed by atoms with E-state index >= 15 is 0 Å². The molecule has 0 aromatic heterocycles. The quantitative estimate of drug-likeness (QED) is 0.0261. The maximum atomic E-state index is 14.4. The highest BCUT2D eigenvalue weighted by molar-refractivity contribution is 5.92. The van der Waals surface area contributed by atoms with Gasteiger partial charge in [-0.3, -0.25) is 62.4 Å². The Morgan fingerprint density at radius 3 is 1.29 bits per heavy atom. The smallest absolute Gasteiger partial charge is 0.303 e. The molecule has 0 aromatic rings. The van der Waals surface area contributed by atoms with Gasteiger partial charge in [-0.05, 0) is 86.9 Å². The summed E-state index contributed by atoms with van der Waals surface area (Å²) in [5, 5.41) is 25.6. The highest BCUT2D eigenvalue weighted by Gasteiger charge is 2.44. The van der Waals surface area contributed by atoms with Gasteiger partial charge in [-0.15, -0.1) is 0 Å². The molecule has 6 amide bonds. The van der Waals surface area contributed by atoms with E-state index in [1.807, 2.05) is 34.6 Å². The predicted molar refractivity (Wildman–Crippen MR) is 347 cm³/mol. The summed E-state index contributed by atoms with van der Waals surface area (Å²) in [4.78, 5) is 153. The molecule has 3 aliphatic rings. The third-order valence-electron chi connectivity index (χ3n) is 18.5. The number of carboxylic acid groups (broad SMARTS) is 1. The van der Waals surface area contributed by atoms with Crippen LogP contribution in [0.15, 0.2) is 0 Å². The lowest BCUT2D eigenvalue weighted by molar-refractivity contribution is -0.255. The Bertz CT molecular complexity index is 2490. The number of esters is 3. The maximum absolute atomic E-state index is 14.4. The lowest BCUT2D eigenvalue weighted by Crippen LogP contribution is -2.58. The topological polar surface area (TPSA) is 384 Å². The summed E-state index contributed by atoms with van der Waals surface area (Å²) in [5.74, 6) is -5.57. The summed E-state index contributed by atoms with van der Waals surface area (Å²) in [6, 6.07) is -1.72. The molecule has 0 aromatic carbocycles. The molecule has 3 fully saturated rings. The standard InChI is InChI=1S/C67H113N7O22/c1-40-42(3)55(37-91-49(10)76)94-65(46(40)7)88-31-16-13-27-68-59(82)24-22-52(79)35-74(36-62(85)72-34-61(84)70-29-15-18-33-90-67-64(73-48(9)75)45(6)44(5)57(96-67)39-93-51(12)78)53(26-30-71-58(81)20-19-21-63(86)87)54(80)23-25-60(83)69-28-14-17-32-89-66-47(8)41(2)43(4)56(95-66)38-92-50(11)77/h40-47,53,55-57,64-67H,13-39H2,1-12H3,(H,68,82)(H,69,83)(H,70,84)(H,71,81)(H,72,85)(H,73,75)(H,86,87)/t40-,41-,42+,43+,44+,45-,46?,47?,53?,55?,56?,57?,64?,65+,66+,67+/m0/s1. The Morgan fingerprint density at radius 1 is 0.417 bits per heavy atom. The van der Waals surface area contributed by atoms with Crippen LogP contribution in [0.5, 0.6) is 0 Å². The molecule has 7 N–H and O–H groups in total. The van der Waals surface area contributed by atoms with Crippen molar-refractivity contribution >= 4 is 70.9 Å². The SMILES string of the molecule is CC(=O)NC1[C@H](OCCCCNC(=O)CNC(=O)CN(CC(=O)CCC(=O)NCCCCO[C@@H]2OC(COC(C)=O)[C@H](C)[C@H](C)C2C)C(CCNC(=O)CCCC(=O)O)C(=O)CCC(=O)NCCCCO[C@@H]2OC(COC(C)=O)[C@H](C)[C@H](C)C2C)OC(COC(C)=O)[C@H](C)[C@@H]1C. The van der Waals surface area contributed by atoms with Crippen molar-refractivity contribution in [3.05, 3.63) is 0 Å². The summed E-state index contributed by atoms with van der Waals surface area (Å²) in [7, 11) is 0. The number of unbranched alkanes of at least 4 members (excludes halogenated alkanes) is 3. The van der Waals surface area contributed by atoms with Crippen molar-refractivity contribution in [2.75, 3.05) is 85.5 Å². The molecule has 96 heavy (non-hydrogen) atoms. The number of Topliss-reactive ketones (excluding diaryl/α,β-unsaturated/α-hetero) is 2. The van der Waals surface area contributed by atoms with Crippen LogP contribution in [-0.2, 0) is 100 Å². The molecule has 0 radical (unpaired) electrons. The van der Waals surface area contributed by atoms with Gasteiger partial charge in [0.2, 0.25) is 35.4 Å². The van der Waals surface area contributed by atoms with E-state index in [0.29, 0.717) is 51.7 Å². The van der Waals surface area contributed by atoms with E-state index in [1.54, 1.807) is 0 Å². The van der Waals surface area contributed by atoms with Gasteiger partial charge in [0.25, 0.3) is 0 Å². The van der Waals surface area contributed by atoms with Gasteiger partial charge in [-0.25, -0.2) is 0 Å². The normalized spacial score (nSPS) is 25.9. The number of hydrogen-bond donors (Lipinski definition) is 7. The summed E-state index contributed by atoms with van der Waals surface area (Å²) in [6.07, 6.45) is -1.41. The number of nitrogens with one attached hydrogen (secondary N) is 6. The fourth-order valence-electron chi connectivity index (χ4n) is 11.6. The van der Waals surface area contributed by atoms with E-state index in [-0.39, 0.29) is 169 Å². The van der Waals surface area contributed by atoms with Crippen LogP contribution in [0.4, 0.5) is 0 Å². The molecule has 29 heteroatoms. The number of carbonyl (C=O) groups is 12. The monoisotopic (exact) mass is 1370 g/mol. The number of carbonyl (C=O) groups excluding carboxylic acids is 11. The molecule has 29 nitrogen and oxygen atoms in total. The van der Waals surface area contributed by atoms with Gasteiger partial charge in [-0.1, -0.05) is 55.4 Å². The molecule has 3 heterocycles. The first-order valence-electron chi connectivity index (χ1n) is 34.3. The van der Waals surface area contributed by atoms with Crippen LogP contribution in [0, 0.1) is 47.3 Å². The van der Waals surface area contributed by atoms with Crippen LogP contribution in [0.1, 0.15) is 173 Å². The molecule has 7 unspecified atom stereocenters. The lowest BCUT2D eigenvalue weighted by Gasteiger charge is -2.44. The zero-order chi connectivity index (χ0) is 71.4. The van der Waals surface area contributed by atoms with Crippen molar-refractivity contribution in [3.63, 3.8) is 0 Å². The number of nitrogens with zero attached hydrogens (tertiary/aromatic N) is 1. The van der Waals surface area contributed by atoms with E-state index in [9.17, 15) is 57.5 Å². The maximum Gasteiger partial charge on any atom is 0.303 e. The van der Waals surface area contributed by atoms with Crippen LogP contribution in [0.3, 0.4) is 0 Å². The molecule has 0 spiro atoms. The third-order valence-corrected chi connectivity index (χ3v) is 18.5. The summed E-state index contributed by atoms with van der Waals surface area (Å²) >= 11 is 0. The number of rotatable bonds is 46. The largest absolute Gasteiger partial charge is 0.481 e. The minimum atomic E-state index is -1.24. The van der Waals surface area contributed by atoms with Crippen LogP contribution >= 0.6 is 0 Å². The predicted octanol–water partition coefficient (Wildman–Crippen LogP) is 3.43. The zero-order valence-electron chi connectivity index (χ0n) is 58.8. The Balaban J connectivity index is 1.66. The molecule has 3 rings (SSSR count). The fraction of sp³-hybridized carbons (Fsp3) is 0.821. The van der Waals surface area contributed by atoms with Crippen molar-refractivity contribution in [2.45, 2.75) is 222 Å². The van der Waals surface area contributed by atoms with Crippen LogP contribution in [0.2, 0.25) is 0 Å². The van der Waals surface area contributed by atoms with Crippen molar-refractivity contribution in [3.8, 4) is 0 Å². The molecule has 0 saturated carbocycles. The van der Waals surface area contributed by atoms with Gasteiger partial charge in [0, 0.05) is 124 Å². The van der Waals surface area contributed by atoms with Gasteiger partial charge < -0.3 is 79.6 Å². The highest BCUT2D eigenvalue weighted by Crippen LogP contribution is 2.37. The molecular weight excluding hydrogens is 1250 g/mol. The van der Waals surface area contributed by atoms with Crippen molar-refractivity contribution in [1.29, 1.82) is 0 Å². The second kappa shape index (κ2) is 45.4. The molecule has 3 saturated heterocycles. The summed E-state index contributed by atoms with van der Waals surface area (Å²) < 4.78 is 52.4. The van der Waals surface area contributed by atoms with E-state index < -0.39 is 122 Å². The Morgan fingerprint density at radius 2 is 0.833 bits per heavy atom. The molecule has 16 atom stereocenters. The van der Waals surface area contributed by atoms with Gasteiger partial charge in [-0.2, -0.15) is 0 Å². The van der Waals surface area contributed by atoms with Gasteiger partial charge in [0.05, 0.1) is 50.0 Å². The number of ketones is 2. The first-order valence-corrected chi connectivity index (χ1v) is 34.3. The van der Waals surface area contributed by atoms with E-state index in [4.69, 9.17) is 47.7 Å². The first-order chi connectivity index (χ1) is 45.5. The number of amides is 6. The second-order valence-electron chi connectivity index (χ2n) is 26.0. The van der Waals surface area contributed by atoms with Gasteiger partial charge in [0.15, 0.2) is 24.7 Å². The Kier molecular flexibility index (Phi) is 39.7. The minimum absolute atomic E-state index is 0.0191. The zero-order valence-corrected chi connectivity index (χ0v) is 58.8. The average Bonchev–Trinajstić information content (AvgIpc) is 0.831. The van der Waals surface area contributed by atoms with Gasteiger partial charge in [0.1, 0.15) is 25.6 Å². The van der Waals surface area contributed by atoms with Crippen molar-refractivity contribution < 1.29 is 105 Å². The van der Waals surface area contributed by atoms with Gasteiger partial charge >= 0.3 is 23.9 Å². The molecule has 0 aliphatic carbocycles. The third kappa shape index (κ3) is 32.4. The fourth-order valence-corrected chi connectivity index (χ4v) is 11.6. The summed E-state index contributed by atoms with van der Waals surface area (Å²) in [6.45, 7) is 21.8. The Hall–Kier alpha value is -6.24. The summed E-state index contributed by atoms with van der Waals surface area (Å²) in [5.41, 5.74) is 0. The first kappa shape index (κ1) is 84.0. The highest BCUT2D eigenvalue weighted by atomic mass is 16.7. The minimum Gasteiger partial charge on any atom is -0.481 e. The van der Waals surface area contributed by atoms with Crippen LogP contribution < -0.4 is 31.9 Å². The van der Waals surface area contributed by atoms with E-state index in [1.165, 1.54) is 32.6 Å². The number of aliphatic carboxylic acids is 1. The number of hydrogen-bond acceptors (Lipinski definition) is 22. The molecular formula is C67H113N7O22. The van der Waals surface area contributed by atoms with E-state index in [2.05, 4.69) is 52.7 Å². The van der Waals surface area contributed by atoms with Crippen LogP contribution in [0.25, 0.3) is 0 Å². The van der Waals surface area contributed by atoms with Crippen molar-refractivity contribution in [1.82, 2.24) is 36.8 Å². The average molecular weight is 1370 g/mol. The Labute approximate surface area is 566 Å². The molecule has 3 aliphatic heterocycles. The van der Waals surface area contributed by atoms with Crippen LogP contribution in [-0.4, -0.2) is 216 Å². The number of carboxylic acids is 1. The molecule has 0 bridgehead atoms. The van der Waals surface area contributed by atoms with Crippen molar-refractivity contribution in [2.24, 2.45) is 47.3 Å².